The standard InChI is InChI=1S/C9H17N5O2S/c10-5-6-14-12-9(11-13-14)7-17(15,16)8-3-1-2-4-8/h8H,1-7,10H2. The number of sulfone groups is 1. The summed E-state index contributed by atoms with van der Waals surface area (Å²) in [5, 5.41) is 11.3. The second-order valence-electron chi connectivity index (χ2n) is 4.30. The van der Waals surface area contributed by atoms with Crippen LogP contribution in [-0.4, -0.2) is 40.4 Å². The topological polar surface area (TPSA) is 104 Å². The Morgan fingerprint density at radius 2 is 2.06 bits per heavy atom. The number of hydrogen-bond acceptors (Lipinski definition) is 6. The molecule has 8 heteroatoms. The van der Waals surface area contributed by atoms with E-state index in [0.29, 0.717) is 13.1 Å². The zero-order chi connectivity index (χ0) is 12.3. The largest absolute Gasteiger partial charge is 0.329 e. The van der Waals surface area contributed by atoms with E-state index in [0.717, 1.165) is 25.7 Å². The summed E-state index contributed by atoms with van der Waals surface area (Å²) < 4.78 is 24.1. The van der Waals surface area contributed by atoms with Crippen molar-refractivity contribution in [3.05, 3.63) is 5.82 Å². The molecule has 1 fully saturated rings. The fraction of sp³-hybridized carbons (Fsp3) is 0.889. The molecule has 0 aliphatic heterocycles. The van der Waals surface area contributed by atoms with Gasteiger partial charge in [-0.25, -0.2) is 8.42 Å². The van der Waals surface area contributed by atoms with Crippen molar-refractivity contribution >= 4 is 9.84 Å². The minimum atomic E-state index is -3.12. The average Bonchev–Trinajstić information content (AvgIpc) is 2.88. The summed E-state index contributed by atoms with van der Waals surface area (Å²) in [6.07, 6.45) is 3.52. The SMILES string of the molecule is NCCn1nnc(CS(=O)(=O)C2CCCC2)n1. The van der Waals surface area contributed by atoms with E-state index in [2.05, 4.69) is 15.4 Å². The highest BCUT2D eigenvalue weighted by Gasteiger charge is 2.30. The third kappa shape index (κ3) is 3.01. The van der Waals surface area contributed by atoms with E-state index in [1.54, 1.807) is 0 Å². The molecule has 7 nitrogen and oxygen atoms in total. The maximum absolute atomic E-state index is 12.0. The average molecular weight is 259 g/mol. The highest BCUT2D eigenvalue weighted by atomic mass is 32.2. The molecular weight excluding hydrogens is 242 g/mol. The van der Waals surface area contributed by atoms with Crippen molar-refractivity contribution < 1.29 is 8.42 Å². The van der Waals surface area contributed by atoms with Crippen LogP contribution >= 0.6 is 0 Å². The fourth-order valence-corrected chi connectivity index (χ4v) is 3.85. The summed E-state index contributed by atoms with van der Waals surface area (Å²) in [6, 6.07) is 0. The van der Waals surface area contributed by atoms with Crippen LogP contribution in [0.4, 0.5) is 0 Å². The summed E-state index contributed by atoms with van der Waals surface area (Å²) in [4.78, 5) is 1.33. The van der Waals surface area contributed by atoms with Crippen molar-refractivity contribution in [2.45, 2.75) is 43.2 Å². The molecule has 0 saturated heterocycles. The monoisotopic (exact) mass is 259 g/mol. The van der Waals surface area contributed by atoms with Crippen LogP contribution in [0.5, 0.6) is 0 Å². The number of nitrogens with zero attached hydrogens (tertiary/aromatic N) is 4. The molecular formula is C9H17N5O2S. The Balaban J connectivity index is 2.03. The van der Waals surface area contributed by atoms with Crippen LogP contribution in [0.15, 0.2) is 0 Å². The molecule has 0 atom stereocenters. The summed E-state index contributed by atoms with van der Waals surface area (Å²) in [7, 11) is -3.12. The lowest BCUT2D eigenvalue weighted by Gasteiger charge is -2.08. The van der Waals surface area contributed by atoms with Crippen LogP contribution in [-0.2, 0) is 22.1 Å². The fourth-order valence-electron chi connectivity index (χ4n) is 2.09. The summed E-state index contributed by atoms with van der Waals surface area (Å²) in [5.74, 6) is 0.160. The van der Waals surface area contributed by atoms with E-state index in [1.807, 2.05) is 0 Å². The van der Waals surface area contributed by atoms with Crippen LogP contribution in [0, 0.1) is 0 Å². The third-order valence-electron chi connectivity index (χ3n) is 2.96. The normalized spacial score (nSPS) is 17.7. The zero-order valence-electron chi connectivity index (χ0n) is 9.62. The van der Waals surface area contributed by atoms with E-state index in [1.165, 1.54) is 4.80 Å². The van der Waals surface area contributed by atoms with Gasteiger partial charge in [-0.05, 0) is 18.1 Å². The smallest absolute Gasteiger partial charge is 0.189 e. The molecule has 1 aliphatic rings. The first kappa shape index (κ1) is 12.4. The van der Waals surface area contributed by atoms with E-state index < -0.39 is 9.84 Å². The number of rotatable bonds is 5. The van der Waals surface area contributed by atoms with Crippen molar-refractivity contribution in [3.8, 4) is 0 Å². The molecule has 0 aromatic carbocycles. The molecule has 1 saturated carbocycles. The van der Waals surface area contributed by atoms with Gasteiger partial charge in [0.2, 0.25) is 0 Å². The van der Waals surface area contributed by atoms with Crippen molar-refractivity contribution in [2.75, 3.05) is 6.54 Å². The van der Waals surface area contributed by atoms with Crippen molar-refractivity contribution in [3.63, 3.8) is 0 Å². The van der Waals surface area contributed by atoms with Gasteiger partial charge in [0.05, 0.1) is 11.8 Å². The summed E-state index contributed by atoms with van der Waals surface area (Å²) >= 11 is 0. The lowest BCUT2D eigenvalue weighted by atomic mass is 10.4. The van der Waals surface area contributed by atoms with Crippen LogP contribution < -0.4 is 5.73 Å². The molecule has 2 N–H and O–H groups in total. The van der Waals surface area contributed by atoms with Gasteiger partial charge in [0, 0.05) is 6.54 Å². The molecule has 17 heavy (non-hydrogen) atoms. The Morgan fingerprint density at radius 1 is 1.35 bits per heavy atom. The molecule has 1 aromatic rings. The third-order valence-corrected chi connectivity index (χ3v) is 5.11. The van der Waals surface area contributed by atoms with E-state index in [4.69, 9.17) is 5.73 Å². The number of aromatic nitrogens is 4. The van der Waals surface area contributed by atoms with E-state index in [9.17, 15) is 8.42 Å². The van der Waals surface area contributed by atoms with Gasteiger partial charge >= 0.3 is 0 Å². The van der Waals surface area contributed by atoms with Crippen LogP contribution in [0.25, 0.3) is 0 Å². The molecule has 0 bridgehead atoms. The van der Waals surface area contributed by atoms with E-state index >= 15 is 0 Å². The maximum atomic E-state index is 12.0. The second kappa shape index (κ2) is 5.09. The predicted octanol–water partition coefficient (Wildman–Crippen LogP) is -0.511. The molecule has 0 unspecified atom stereocenters. The van der Waals surface area contributed by atoms with Crippen LogP contribution in [0.2, 0.25) is 0 Å². The van der Waals surface area contributed by atoms with Gasteiger partial charge in [-0.15, -0.1) is 10.2 Å². The van der Waals surface area contributed by atoms with Crippen LogP contribution in [0.3, 0.4) is 0 Å². The first-order valence-electron chi connectivity index (χ1n) is 5.80. The first-order chi connectivity index (χ1) is 8.12. The number of nitrogens with two attached hydrogens (primary N) is 1. The Bertz CT molecular complexity index is 463. The Hall–Kier alpha value is -1.02. The highest BCUT2D eigenvalue weighted by Crippen LogP contribution is 2.26. The lowest BCUT2D eigenvalue weighted by Crippen LogP contribution is -2.20. The minimum absolute atomic E-state index is 0.109. The maximum Gasteiger partial charge on any atom is 0.189 e. The molecule has 1 heterocycles. The number of tetrazole rings is 1. The van der Waals surface area contributed by atoms with Gasteiger partial charge in [-0.1, -0.05) is 12.8 Å². The van der Waals surface area contributed by atoms with Gasteiger partial charge in [-0.3, -0.25) is 0 Å². The quantitative estimate of drug-likeness (QED) is 0.763. The van der Waals surface area contributed by atoms with E-state index in [-0.39, 0.29) is 16.8 Å². The molecule has 0 amide bonds. The minimum Gasteiger partial charge on any atom is -0.329 e. The highest BCUT2D eigenvalue weighted by molar-refractivity contribution is 7.91. The molecule has 96 valence electrons. The Morgan fingerprint density at radius 3 is 2.71 bits per heavy atom. The molecule has 0 radical (unpaired) electrons. The van der Waals surface area contributed by atoms with Gasteiger partial charge in [0.25, 0.3) is 0 Å². The molecule has 0 spiro atoms. The number of hydrogen-bond donors (Lipinski definition) is 1. The van der Waals surface area contributed by atoms with Crippen LogP contribution in [0.1, 0.15) is 31.5 Å². The van der Waals surface area contributed by atoms with Gasteiger partial charge in [0.1, 0.15) is 5.75 Å². The zero-order valence-corrected chi connectivity index (χ0v) is 10.4. The molecule has 2 rings (SSSR count). The predicted molar refractivity (Wildman–Crippen MR) is 61.8 cm³/mol. The van der Waals surface area contributed by atoms with Gasteiger partial charge in [-0.2, -0.15) is 4.80 Å². The Labute approximate surface area is 100 Å². The second-order valence-corrected chi connectivity index (χ2v) is 6.58. The summed E-state index contributed by atoms with van der Waals surface area (Å²) in [5.41, 5.74) is 5.35. The first-order valence-corrected chi connectivity index (χ1v) is 7.51. The molecule has 1 aromatic heterocycles. The van der Waals surface area contributed by atoms with Gasteiger partial charge < -0.3 is 5.73 Å². The van der Waals surface area contributed by atoms with Gasteiger partial charge in [0.15, 0.2) is 15.7 Å². The van der Waals surface area contributed by atoms with Crippen molar-refractivity contribution in [1.29, 1.82) is 0 Å². The Kier molecular flexibility index (Phi) is 3.72. The lowest BCUT2D eigenvalue weighted by molar-refractivity contribution is 0.529. The molecule has 1 aliphatic carbocycles. The van der Waals surface area contributed by atoms with Crippen molar-refractivity contribution in [2.24, 2.45) is 5.73 Å². The van der Waals surface area contributed by atoms with Crippen molar-refractivity contribution in [1.82, 2.24) is 20.2 Å². The summed E-state index contributed by atoms with van der Waals surface area (Å²) in [6.45, 7) is 0.863.